The zero-order valence-electron chi connectivity index (χ0n) is 12.0. The fourth-order valence-corrected chi connectivity index (χ4v) is 2.15. The van der Waals surface area contributed by atoms with E-state index in [1.807, 2.05) is 6.07 Å². The Bertz CT molecular complexity index is 518. The molecule has 1 aromatic rings. The van der Waals surface area contributed by atoms with Gasteiger partial charge in [0.2, 0.25) is 5.28 Å². The van der Waals surface area contributed by atoms with E-state index in [9.17, 15) is 10.3 Å². The van der Waals surface area contributed by atoms with Crippen molar-refractivity contribution in [2.45, 2.75) is 0 Å². The molecule has 0 saturated carbocycles. The van der Waals surface area contributed by atoms with Gasteiger partial charge in [-0.25, -0.2) is 0 Å². The standard InChI is InChI=1S/C13H19N5O3.Ni/c19-13-4-2-1-3-12(13)11-14-5-6-16-7-9-17(10-8-16)18(21)15-20;/h1-4,11,19-20H,5-10H2;/q;+2. The Morgan fingerprint density at radius 2 is 1.91 bits per heavy atom. The van der Waals surface area contributed by atoms with E-state index in [4.69, 9.17) is 5.21 Å². The van der Waals surface area contributed by atoms with Gasteiger partial charge in [0.05, 0.1) is 24.6 Å². The van der Waals surface area contributed by atoms with E-state index in [0.717, 1.165) is 19.6 Å². The summed E-state index contributed by atoms with van der Waals surface area (Å²) in [5, 5.41) is 33.1. The molecule has 1 aliphatic heterocycles. The molecule has 0 radical (unpaired) electrons. The molecular formula is C13H19N5NiO3+2. The van der Waals surface area contributed by atoms with Gasteiger partial charge in [0.1, 0.15) is 5.75 Å². The summed E-state index contributed by atoms with van der Waals surface area (Å²) >= 11 is 0. The molecule has 0 atom stereocenters. The van der Waals surface area contributed by atoms with E-state index in [-0.39, 0.29) is 27.2 Å². The molecule has 22 heavy (non-hydrogen) atoms. The van der Waals surface area contributed by atoms with Crippen LogP contribution in [0.15, 0.2) is 34.5 Å². The van der Waals surface area contributed by atoms with Gasteiger partial charge >= 0.3 is 16.5 Å². The number of benzene rings is 1. The molecule has 122 valence electrons. The Labute approximate surface area is 138 Å². The summed E-state index contributed by atoms with van der Waals surface area (Å²) in [5.74, 6) is 0.221. The van der Waals surface area contributed by atoms with Crippen LogP contribution in [0.1, 0.15) is 5.56 Å². The predicted molar refractivity (Wildman–Crippen MR) is 76.4 cm³/mol. The minimum Gasteiger partial charge on any atom is -0.569 e. The number of rotatable bonds is 5. The van der Waals surface area contributed by atoms with Crippen molar-refractivity contribution in [2.75, 3.05) is 39.3 Å². The number of aliphatic imine (C=N–C) groups is 1. The van der Waals surface area contributed by atoms with Crippen LogP contribution in [0.4, 0.5) is 0 Å². The number of aromatic hydroxyl groups is 1. The molecule has 2 N–H and O–H groups in total. The Hall–Kier alpha value is -1.86. The van der Waals surface area contributed by atoms with Crippen molar-refractivity contribution in [3.05, 3.63) is 35.0 Å². The first-order valence-electron chi connectivity index (χ1n) is 6.78. The second-order valence-corrected chi connectivity index (χ2v) is 4.73. The van der Waals surface area contributed by atoms with Crippen molar-refractivity contribution in [1.29, 1.82) is 0 Å². The van der Waals surface area contributed by atoms with Crippen LogP contribution in [0.5, 0.6) is 5.75 Å². The number of phenols is 1. The van der Waals surface area contributed by atoms with Gasteiger partial charge in [-0.15, -0.1) is 5.01 Å². The molecule has 0 unspecified atom stereocenters. The Balaban J connectivity index is 0.00000242. The van der Waals surface area contributed by atoms with Crippen LogP contribution < -0.4 is 0 Å². The van der Waals surface area contributed by atoms with E-state index in [1.165, 1.54) is 5.01 Å². The summed E-state index contributed by atoms with van der Waals surface area (Å²) in [5.41, 5.74) is 0.703. The molecule has 1 fully saturated rings. The topological polar surface area (TPSA) is 97.7 Å². The molecule has 0 amide bonds. The Kier molecular flexibility index (Phi) is 7.62. The number of para-hydroxylation sites is 1. The first-order chi connectivity index (χ1) is 10.2. The van der Waals surface area contributed by atoms with Crippen LogP contribution >= 0.6 is 0 Å². The largest absolute Gasteiger partial charge is 2.00 e. The summed E-state index contributed by atoms with van der Waals surface area (Å²) < 4.78 is 0. The molecule has 0 bridgehead atoms. The maximum Gasteiger partial charge on any atom is 2.00 e. The molecule has 1 aromatic carbocycles. The van der Waals surface area contributed by atoms with Gasteiger partial charge in [-0.05, 0) is 12.1 Å². The van der Waals surface area contributed by atoms with Crippen LogP contribution in [-0.4, -0.2) is 70.7 Å². The molecule has 1 heterocycles. The van der Waals surface area contributed by atoms with Crippen LogP contribution in [0.25, 0.3) is 0 Å². The summed E-state index contributed by atoms with van der Waals surface area (Å²) in [6.07, 6.45) is 1.66. The van der Waals surface area contributed by atoms with E-state index >= 15 is 0 Å². The first kappa shape index (κ1) is 18.2. The van der Waals surface area contributed by atoms with Gasteiger partial charge in [0.25, 0.3) is 0 Å². The van der Waals surface area contributed by atoms with Crippen molar-refractivity contribution in [2.24, 2.45) is 10.3 Å². The summed E-state index contributed by atoms with van der Waals surface area (Å²) in [4.78, 5) is 6.70. The number of phenolic OH excluding ortho intramolecular Hbond substituents is 1. The number of piperazine rings is 1. The van der Waals surface area contributed by atoms with Crippen LogP contribution in [-0.2, 0) is 16.5 Å². The van der Waals surface area contributed by atoms with Gasteiger partial charge in [-0.1, -0.05) is 12.1 Å². The summed E-state index contributed by atoms with van der Waals surface area (Å²) in [7, 11) is 0. The molecule has 1 aliphatic rings. The van der Waals surface area contributed by atoms with Crippen LogP contribution in [0, 0.1) is 5.21 Å². The first-order valence-corrected chi connectivity index (χ1v) is 6.78. The fourth-order valence-electron chi connectivity index (χ4n) is 2.15. The minimum atomic E-state index is 0. The second kappa shape index (κ2) is 9.22. The number of hydrogen-bond donors (Lipinski definition) is 2. The average molecular weight is 352 g/mol. The Morgan fingerprint density at radius 3 is 2.55 bits per heavy atom. The molecule has 8 nitrogen and oxygen atoms in total. The van der Waals surface area contributed by atoms with Gasteiger partial charge in [0, 0.05) is 31.4 Å². The third-order valence-electron chi connectivity index (χ3n) is 3.38. The van der Waals surface area contributed by atoms with E-state index in [1.54, 1.807) is 24.4 Å². The van der Waals surface area contributed by atoms with E-state index in [0.29, 0.717) is 25.2 Å². The van der Waals surface area contributed by atoms with Crippen molar-refractivity contribution in [3.63, 3.8) is 0 Å². The van der Waals surface area contributed by atoms with Gasteiger partial charge in [0.15, 0.2) is 0 Å². The SMILES string of the molecule is [Ni+2].[O-][N+](=NO)N1CCN(CCN=Cc2ccccc2O)CC1. The molecule has 0 aliphatic carbocycles. The van der Waals surface area contributed by atoms with Crippen LogP contribution in [0.3, 0.4) is 0 Å². The van der Waals surface area contributed by atoms with Crippen molar-refractivity contribution in [3.8, 4) is 5.75 Å². The third kappa shape index (κ3) is 5.16. The Morgan fingerprint density at radius 1 is 1.23 bits per heavy atom. The monoisotopic (exact) mass is 351 g/mol. The molecule has 2 rings (SSSR count). The minimum absolute atomic E-state index is 0. The molecular weight excluding hydrogens is 333 g/mol. The number of nitrogens with zero attached hydrogens (tertiary/aromatic N) is 5. The summed E-state index contributed by atoms with van der Waals surface area (Å²) in [6.45, 7) is 3.90. The third-order valence-corrected chi connectivity index (χ3v) is 3.38. The fraction of sp³-hybridized carbons (Fsp3) is 0.462. The summed E-state index contributed by atoms with van der Waals surface area (Å²) in [6, 6.07) is 7.05. The van der Waals surface area contributed by atoms with Crippen molar-refractivity contribution in [1.82, 2.24) is 9.91 Å². The predicted octanol–water partition coefficient (Wildman–Crippen LogP) is 0.693. The maximum atomic E-state index is 11.1. The quantitative estimate of drug-likeness (QED) is 0.267. The molecule has 1 saturated heterocycles. The number of hydrogen-bond acceptors (Lipinski definition) is 5. The van der Waals surface area contributed by atoms with Gasteiger partial charge in [-0.3, -0.25) is 9.89 Å². The molecule has 9 heteroatoms. The zero-order valence-corrected chi connectivity index (χ0v) is 13.0. The smallest absolute Gasteiger partial charge is 0.569 e. The maximum absolute atomic E-state index is 11.1. The number of hydrazine groups is 1. The zero-order chi connectivity index (χ0) is 15.1. The van der Waals surface area contributed by atoms with Crippen LogP contribution in [0.2, 0.25) is 0 Å². The van der Waals surface area contributed by atoms with Crippen molar-refractivity contribution < 1.29 is 31.8 Å². The average Bonchev–Trinajstić information content (AvgIpc) is 2.53. The second-order valence-electron chi connectivity index (χ2n) is 4.73. The van der Waals surface area contributed by atoms with Gasteiger partial charge in [-0.2, -0.15) is 0 Å². The van der Waals surface area contributed by atoms with E-state index < -0.39 is 0 Å². The van der Waals surface area contributed by atoms with E-state index in [2.05, 4.69) is 15.2 Å². The molecule has 0 aromatic heterocycles. The molecule has 0 spiro atoms. The van der Waals surface area contributed by atoms with Crippen molar-refractivity contribution >= 4 is 6.21 Å². The van der Waals surface area contributed by atoms with Gasteiger partial charge < -0.3 is 15.5 Å². The normalized spacial score (nSPS) is 16.7.